The van der Waals surface area contributed by atoms with E-state index in [0.717, 1.165) is 36.1 Å². The van der Waals surface area contributed by atoms with E-state index in [2.05, 4.69) is 50.6 Å². The van der Waals surface area contributed by atoms with Crippen LogP contribution in [0.4, 0.5) is 5.95 Å². The van der Waals surface area contributed by atoms with E-state index in [-0.39, 0.29) is 0 Å². The Morgan fingerprint density at radius 2 is 2.05 bits per heavy atom. The molecule has 0 radical (unpaired) electrons. The predicted molar refractivity (Wildman–Crippen MR) is 86.2 cm³/mol. The van der Waals surface area contributed by atoms with Crippen LogP contribution in [-0.4, -0.2) is 16.5 Å². The van der Waals surface area contributed by atoms with Crippen LogP contribution in [0.2, 0.25) is 0 Å². The number of nitrogen functional groups attached to an aromatic ring is 1. The molecule has 2 aromatic heterocycles. The van der Waals surface area contributed by atoms with Crippen molar-refractivity contribution in [2.24, 2.45) is 0 Å². The number of piperidine rings is 1. The molecule has 0 aliphatic carbocycles. The molecule has 3 heterocycles. The van der Waals surface area contributed by atoms with Crippen LogP contribution < -0.4 is 16.0 Å². The number of anilines is 1. The van der Waals surface area contributed by atoms with Crippen molar-refractivity contribution < 1.29 is 4.98 Å². The topological polar surface area (TPSA) is 80.9 Å². The van der Waals surface area contributed by atoms with Gasteiger partial charge < -0.3 is 10.3 Å². The van der Waals surface area contributed by atoms with E-state index < -0.39 is 0 Å². The summed E-state index contributed by atoms with van der Waals surface area (Å²) >= 11 is 0. The van der Waals surface area contributed by atoms with Crippen molar-refractivity contribution in [3.05, 3.63) is 53.9 Å². The van der Waals surface area contributed by atoms with Crippen LogP contribution in [-0.2, 0) is 0 Å². The first-order chi connectivity index (χ1) is 10.8. The monoisotopic (exact) mass is 294 g/mol. The second kappa shape index (κ2) is 5.42. The van der Waals surface area contributed by atoms with E-state index in [1.165, 1.54) is 5.56 Å². The molecule has 5 N–H and O–H groups in total. The van der Waals surface area contributed by atoms with Crippen LogP contribution >= 0.6 is 0 Å². The fraction of sp³-hybridized carbons (Fsp3) is 0.294. The Bertz CT molecular complexity index is 780. The van der Waals surface area contributed by atoms with Crippen LogP contribution in [0.5, 0.6) is 0 Å². The van der Waals surface area contributed by atoms with Crippen LogP contribution in [0.15, 0.2) is 42.6 Å². The van der Waals surface area contributed by atoms with Gasteiger partial charge in [0.05, 0.1) is 0 Å². The van der Waals surface area contributed by atoms with Gasteiger partial charge in [0.25, 0.3) is 0 Å². The second-order valence-corrected chi connectivity index (χ2v) is 5.91. The molecular formula is C17H20N5+. The van der Waals surface area contributed by atoms with Gasteiger partial charge in [-0.25, -0.2) is 4.98 Å². The Hall–Kier alpha value is -2.40. The lowest BCUT2D eigenvalue weighted by Crippen LogP contribution is -2.31. The molecule has 2 atom stereocenters. The molecule has 1 aliphatic heterocycles. The summed E-state index contributed by atoms with van der Waals surface area (Å²) in [5, 5.41) is 3.61. The molecule has 0 saturated carbocycles. The van der Waals surface area contributed by atoms with Crippen molar-refractivity contribution in [1.82, 2.24) is 15.3 Å². The number of nitrogens with zero attached hydrogens (tertiary/aromatic N) is 1. The molecule has 3 aromatic rings. The van der Waals surface area contributed by atoms with Crippen LogP contribution in [0.3, 0.4) is 0 Å². The number of hydrogen-bond acceptors (Lipinski definition) is 3. The Morgan fingerprint density at radius 1 is 1.18 bits per heavy atom. The maximum absolute atomic E-state index is 5.94. The highest BCUT2D eigenvalue weighted by atomic mass is 15.0. The maximum atomic E-state index is 5.94. The number of rotatable bonds is 2. The summed E-state index contributed by atoms with van der Waals surface area (Å²) in [6.07, 6.45) is 4.05. The number of aromatic amines is 2. The summed E-state index contributed by atoms with van der Waals surface area (Å²) in [6.45, 7) is 0.993. The Morgan fingerprint density at radius 3 is 2.91 bits per heavy atom. The average molecular weight is 294 g/mol. The summed E-state index contributed by atoms with van der Waals surface area (Å²) in [4.78, 5) is 11.0. The van der Waals surface area contributed by atoms with E-state index >= 15 is 0 Å². The number of H-pyrrole nitrogens is 2. The normalized spacial score (nSPS) is 22.0. The zero-order valence-electron chi connectivity index (χ0n) is 12.3. The Balaban J connectivity index is 1.68. The quantitative estimate of drug-likeness (QED) is 0.677. The van der Waals surface area contributed by atoms with Gasteiger partial charge in [-0.15, -0.1) is 0 Å². The van der Waals surface area contributed by atoms with Crippen molar-refractivity contribution >= 4 is 17.0 Å². The predicted octanol–water partition coefficient (Wildman–Crippen LogP) is 2.17. The van der Waals surface area contributed by atoms with E-state index in [1.54, 1.807) is 0 Å². The molecule has 5 heteroatoms. The number of benzene rings is 1. The first-order valence-corrected chi connectivity index (χ1v) is 7.75. The first kappa shape index (κ1) is 13.3. The minimum atomic E-state index is 0.372. The molecule has 0 amide bonds. The Labute approximate surface area is 129 Å². The van der Waals surface area contributed by atoms with Crippen molar-refractivity contribution in [1.29, 1.82) is 0 Å². The van der Waals surface area contributed by atoms with Gasteiger partial charge in [-0.3, -0.25) is 5.73 Å². The van der Waals surface area contributed by atoms with Crippen molar-refractivity contribution in [3.63, 3.8) is 0 Å². The van der Waals surface area contributed by atoms with E-state index in [0.29, 0.717) is 17.9 Å². The summed E-state index contributed by atoms with van der Waals surface area (Å²) in [5.74, 6) is 0.890. The third-order valence-corrected chi connectivity index (χ3v) is 4.50. The molecule has 1 aliphatic rings. The van der Waals surface area contributed by atoms with E-state index in [4.69, 9.17) is 5.73 Å². The molecule has 1 fully saturated rings. The molecule has 1 saturated heterocycles. The lowest BCUT2D eigenvalue weighted by atomic mass is 9.86. The molecule has 22 heavy (non-hydrogen) atoms. The lowest BCUT2D eigenvalue weighted by Gasteiger charge is -2.29. The van der Waals surface area contributed by atoms with E-state index in [1.807, 2.05) is 12.3 Å². The fourth-order valence-electron chi connectivity index (χ4n) is 3.44. The molecule has 4 rings (SSSR count). The number of hydrogen-bond donors (Lipinski definition) is 3. The van der Waals surface area contributed by atoms with Gasteiger partial charge in [-0.1, -0.05) is 35.3 Å². The van der Waals surface area contributed by atoms with Gasteiger partial charge >= 0.3 is 5.95 Å². The van der Waals surface area contributed by atoms with Crippen molar-refractivity contribution in [2.75, 3.05) is 12.3 Å². The highest BCUT2D eigenvalue weighted by Gasteiger charge is 2.29. The number of nitrogens with two attached hydrogens (primary N) is 1. The standard InChI is InChI=1S/C17H19N5/c18-17-21-13-7-9-20-16(13)15(22-17)12-6-8-19-14(10-12)11-4-2-1-3-5-11/h1-5,7,9,12,14,19-20H,6,8,10H2,(H2,18,21,22)/p+1. The molecule has 0 spiro atoms. The number of aromatic nitrogens is 3. The summed E-state index contributed by atoms with van der Waals surface area (Å²) in [6, 6.07) is 13.0. The summed E-state index contributed by atoms with van der Waals surface area (Å²) in [7, 11) is 0. The van der Waals surface area contributed by atoms with Crippen LogP contribution in [0.1, 0.15) is 36.1 Å². The zero-order chi connectivity index (χ0) is 14.9. The molecule has 1 aromatic carbocycles. The highest BCUT2D eigenvalue weighted by Crippen LogP contribution is 2.35. The van der Waals surface area contributed by atoms with Gasteiger partial charge in [0.1, 0.15) is 16.7 Å². The lowest BCUT2D eigenvalue weighted by molar-refractivity contribution is -0.330. The van der Waals surface area contributed by atoms with Crippen molar-refractivity contribution in [2.45, 2.75) is 24.8 Å². The van der Waals surface area contributed by atoms with Crippen LogP contribution in [0.25, 0.3) is 11.0 Å². The summed E-state index contributed by atoms with van der Waals surface area (Å²) in [5.41, 5.74) is 10.5. The number of fused-ring (bicyclic) bond motifs is 1. The average Bonchev–Trinajstić information content (AvgIpc) is 3.03. The molecule has 0 bridgehead atoms. The van der Waals surface area contributed by atoms with Crippen LogP contribution in [0, 0.1) is 0 Å². The molecular weight excluding hydrogens is 274 g/mol. The second-order valence-electron chi connectivity index (χ2n) is 5.91. The minimum Gasteiger partial charge on any atom is -0.356 e. The largest absolute Gasteiger partial charge is 0.387 e. The zero-order valence-corrected chi connectivity index (χ0v) is 12.3. The maximum Gasteiger partial charge on any atom is 0.387 e. The smallest absolute Gasteiger partial charge is 0.356 e. The summed E-state index contributed by atoms with van der Waals surface area (Å²) < 4.78 is 0. The molecule has 112 valence electrons. The highest BCUT2D eigenvalue weighted by molar-refractivity contribution is 5.75. The van der Waals surface area contributed by atoms with Gasteiger partial charge in [0, 0.05) is 18.2 Å². The fourth-order valence-corrected chi connectivity index (χ4v) is 3.44. The number of nitrogens with one attached hydrogen (secondary N) is 3. The third kappa shape index (κ3) is 2.33. The molecule has 5 nitrogen and oxygen atoms in total. The minimum absolute atomic E-state index is 0.372. The van der Waals surface area contributed by atoms with Gasteiger partial charge in [0.15, 0.2) is 0 Å². The SMILES string of the molecule is Nc1nc(C2CCNC(c3ccccc3)C2)c2[nH]ccc2[nH+]1. The Kier molecular flexibility index (Phi) is 3.27. The third-order valence-electron chi connectivity index (χ3n) is 4.50. The first-order valence-electron chi connectivity index (χ1n) is 7.75. The van der Waals surface area contributed by atoms with Gasteiger partial charge in [-0.05, 0) is 31.0 Å². The van der Waals surface area contributed by atoms with Crippen molar-refractivity contribution in [3.8, 4) is 0 Å². The van der Waals surface area contributed by atoms with Gasteiger partial charge in [0.2, 0.25) is 0 Å². The van der Waals surface area contributed by atoms with Gasteiger partial charge in [-0.2, -0.15) is 0 Å². The van der Waals surface area contributed by atoms with E-state index in [9.17, 15) is 0 Å². The molecule has 2 unspecified atom stereocenters.